The van der Waals surface area contributed by atoms with Crippen LogP contribution >= 0.6 is 0 Å². The second-order valence-corrected chi connectivity index (χ2v) is 4.75. The third kappa shape index (κ3) is 1.60. The van der Waals surface area contributed by atoms with Crippen LogP contribution in [0.2, 0.25) is 0 Å². The van der Waals surface area contributed by atoms with Crippen molar-refractivity contribution in [3.63, 3.8) is 0 Å². The third-order valence-electron chi connectivity index (χ3n) is 3.68. The molecule has 0 saturated carbocycles. The van der Waals surface area contributed by atoms with Gasteiger partial charge >= 0.3 is 13.7 Å². The highest BCUT2D eigenvalue weighted by atomic mass is 15.3. The van der Waals surface area contributed by atoms with Gasteiger partial charge in [0.05, 0.1) is 0 Å². The Labute approximate surface area is 88.0 Å². The van der Waals surface area contributed by atoms with Crippen molar-refractivity contribution in [1.29, 1.82) is 0 Å². The Balaban J connectivity index is 2.12. The molecule has 0 spiro atoms. The van der Waals surface area contributed by atoms with Gasteiger partial charge in [0, 0.05) is 0 Å². The van der Waals surface area contributed by atoms with E-state index in [1.54, 1.807) is 0 Å². The van der Waals surface area contributed by atoms with Crippen molar-refractivity contribution in [2.75, 3.05) is 54.4 Å². The minimum Gasteiger partial charge on any atom is -0.333 e. The lowest BCUT2D eigenvalue weighted by Crippen LogP contribution is -2.63. The monoisotopic (exact) mass is 194 g/mol. The van der Waals surface area contributed by atoms with Crippen molar-refractivity contribution in [3.05, 3.63) is 0 Å². The molecule has 0 aromatic rings. The largest absolute Gasteiger partial charge is 0.333 e. The number of nitrogens with zero attached hydrogens (tertiary/aromatic N) is 4. The van der Waals surface area contributed by atoms with Gasteiger partial charge in [-0.25, -0.2) is 0 Å². The van der Waals surface area contributed by atoms with Crippen molar-refractivity contribution in [3.8, 4) is 0 Å². The van der Waals surface area contributed by atoms with Gasteiger partial charge in [-0.15, -0.1) is 0 Å². The zero-order valence-electron chi connectivity index (χ0n) is 9.77. The Morgan fingerprint density at radius 1 is 0.571 bits per heavy atom. The van der Waals surface area contributed by atoms with Crippen molar-refractivity contribution in [2.45, 2.75) is 0 Å². The molecule has 0 N–H and O–H groups in total. The summed E-state index contributed by atoms with van der Waals surface area (Å²) < 4.78 is 0. The fourth-order valence-corrected chi connectivity index (χ4v) is 2.74. The van der Waals surface area contributed by atoms with Gasteiger partial charge in [-0.3, -0.25) is 0 Å². The molecule has 0 aromatic carbocycles. The smallest absolute Gasteiger partial charge is 0.312 e. The van der Waals surface area contributed by atoms with Crippen LogP contribution in [0.4, 0.5) is 0 Å². The third-order valence-corrected chi connectivity index (χ3v) is 3.68. The molecular weight excluding hydrogens is 174 g/mol. The van der Waals surface area contributed by atoms with Gasteiger partial charge in [-0.1, -0.05) is 0 Å². The van der Waals surface area contributed by atoms with Gasteiger partial charge in [-0.05, 0) is 54.4 Å². The minimum absolute atomic E-state index is 0.562. The van der Waals surface area contributed by atoms with Crippen LogP contribution in [0.25, 0.3) is 0 Å². The Morgan fingerprint density at radius 2 is 0.786 bits per heavy atom. The van der Waals surface area contributed by atoms with Gasteiger partial charge < -0.3 is 19.2 Å². The van der Waals surface area contributed by atoms with Crippen LogP contribution in [0.5, 0.6) is 0 Å². The Hall–Kier alpha value is -0.0301. The molecule has 2 saturated heterocycles. The first-order chi connectivity index (χ1) is 6.61. The normalized spacial score (nSPS) is 28.3. The second-order valence-electron chi connectivity index (χ2n) is 4.75. The number of likely N-dealkylation sites (N-methyl/N-ethyl adjacent to an activating group) is 4. The van der Waals surface area contributed by atoms with Crippen molar-refractivity contribution < 1.29 is 0 Å². The lowest BCUT2D eigenvalue weighted by Gasteiger charge is -2.31. The predicted octanol–water partition coefficient (Wildman–Crippen LogP) is -1.20. The first kappa shape index (κ1) is 10.5. The zero-order valence-corrected chi connectivity index (χ0v) is 9.77. The summed E-state index contributed by atoms with van der Waals surface area (Å²) in [6, 6.07) is 0. The molecule has 0 atom stereocenters. The van der Waals surface area contributed by atoms with Crippen molar-refractivity contribution in [2.24, 2.45) is 0 Å². The van der Waals surface area contributed by atoms with E-state index in [2.05, 4.69) is 47.4 Å². The average Bonchev–Trinajstić information content (AvgIpc) is 2.60. The molecule has 2 fully saturated rings. The summed E-state index contributed by atoms with van der Waals surface area (Å²) in [4.78, 5) is 9.85. The Morgan fingerprint density at radius 3 is 1.00 bits per heavy atom. The van der Waals surface area contributed by atoms with E-state index in [4.69, 9.17) is 0 Å². The van der Waals surface area contributed by atoms with Gasteiger partial charge in [-0.2, -0.15) is 0 Å². The number of hydrogen-bond donors (Lipinski definition) is 0. The molecule has 0 amide bonds. The van der Waals surface area contributed by atoms with Crippen LogP contribution in [-0.4, -0.2) is 87.4 Å². The van der Waals surface area contributed by atoms with Crippen LogP contribution in [0.15, 0.2) is 0 Å². The van der Waals surface area contributed by atoms with E-state index in [-0.39, 0.29) is 0 Å². The molecule has 78 valence electrons. The van der Waals surface area contributed by atoms with E-state index in [0.29, 0.717) is 13.7 Å². The maximum Gasteiger partial charge on any atom is 0.312 e. The molecule has 0 unspecified atom stereocenters. The molecule has 0 radical (unpaired) electrons. The maximum atomic E-state index is 2.46. The lowest BCUT2D eigenvalue weighted by atomic mass is 9.32. The van der Waals surface area contributed by atoms with E-state index in [9.17, 15) is 0 Å². The van der Waals surface area contributed by atoms with Crippen LogP contribution in [0.1, 0.15) is 0 Å². The van der Waals surface area contributed by atoms with Crippen LogP contribution in [0.3, 0.4) is 0 Å². The topological polar surface area (TPSA) is 13.0 Å². The molecule has 6 heteroatoms. The van der Waals surface area contributed by atoms with Crippen LogP contribution in [0, 0.1) is 0 Å². The number of rotatable bonds is 1. The predicted molar refractivity (Wildman–Crippen MR) is 62.0 cm³/mol. The van der Waals surface area contributed by atoms with Crippen molar-refractivity contribution in [1.82, 2.24) is 19.2 Å². The van der Waals surface area contributed by atoms with Crippen LogP contribution < -0.4 is 0 Å². The van der Waals surface area contributed by atoms with Crippen molar-refractivity contribution >= 4 is 13.7 Å². The summed E-state index contributed by atoms with van der Waals surface area (Å²) in [5, 5.41) is 0. The van der Waals surface area contributed by atoms with E-state index in [1.165, 1.54) is 26.2 Å². The Bertz CT molecular complexity index is 174. The minimum atomic E-state index is 0.562. The van der Waals surface area contributed by atoms with E-state index < -0.39 is 0 Å². The highest BCUT2D eigenvalue weighted by Crippen LogP contribution is 2.16. The molecule has 14 heavy (non-hydrogen) atoms. The molecule has 2 aliphatic heterocycles. The van der Waals surface area contributed by atoms with Crippen LogP contribution in [-0.2, 0) is 0 Å². The quantitative estimate of drug-likeness (QED) is 0.485. The zero-order chi connectivity index (χ0) is 10.3. The standard InChI is InChI=1S/C8H20B2N4/c1-11-5-6-12(2)9(11)10-13(3)7-8-14(10)4/h5-8H2,1-4H3. The molecule has 2 heterocycles. The van der Waals surface area contributed by atoms with E-state index in [0.717, 1.165) is 0 Å². The fraction of sp³-hybridized carbons (Fsp3) is 1.00. The summed E-state index contributed by atoms with van der Waals surface area (Å²) in [7, 11) is 8.92. The number of hydrogen-bond acceptors (Lipinski definition) is 4. The summed E-state index contributed by atoms with van der Waals surface area (Å²) >= 11 is 0. The summed E-state index contributed by atoms with van der Waals surface area (Å²) in [6.07, 6.45) is 0. The van der Waals surface area contributed by atoms with Gasteiger partial charge in [0.1, 0.15) is 0 Å². The molecule has 2 aliphatic rings. The highest BCUT2D eigenvalue weighted by molar-refractivity contribution is 7.17. The molecule has 0 aromatic heterocycles. The molecule has 2 rings (SSSR count). The average molecular weight is 194 g/mol. The molecule has 4 nitrogen and oxygen atoms in total. The first-order valence-electron chi connectivity index (χ1n) is 5.42. The van der Waals surface area contributed by atoms with Gasteiger partial charge in [0.15, 0.2) is 0 Å². The molecular formula is C8H20B2N4. The maximum absolute atomic E-state index is 2.46. The summed E-state index contributed by atoms with van der Waals surface area (Å²) in [5.41, 5.74) is 0. The lowest BCUT2D eigenvalue weighted by molar-refractivity contribution is 0.553. The highest BCUT2D eigenvalue weighted by Gasteiger charge is 2.48. The first-order valence-corrected chi connectivity index (χ1v) is 5.42. The van der Waals surface area contributed by atoms with E-state index in [1.807, 2.05) is 0 Å². The summed E-state index contributed by atoms with van der Waals surface area (Å²) in [6.45, 7) is 5.90. The van der Waals surface area contributed by atoms with Gasteiger partial charge in [0.2, 0.25) is 0 Å². The molecule has 0 bridgehead atoms. The fourth-order valence-electron chi connectivity index (χ4n) is 2.74. The second kappa shape index (κ2) is 3.85. The summed E-state index contributed by atoms with van der Waals surface area (Å²) in [5.74, 6) is 0. The van der Waals surface area contributed by atoms with Gasteiger partial charge in [0.25, 0.3) is 0 Å². The Kier molecular flexibility index (Phi) is 2.88. The molecule has 0 aliphatic carbocycles. The van der Waals surface area contributed by atoms with E-state index >= 15 is 0 Å². The SMILES string of the molecule is CN1CCN(C)B1B1N(C)CCN1C.